The molecule has 4 heteroatoms. The summed E-state index contributed by atoms with van der Waals surface area (Å²) in [6.45, 7) is 5.63. The predicted molar refractivity (Wildman–Crippen MR) is 99.4 cm³/mol. The fourth-order valence-corrected chi connectivity index (χ4v) is 3.04. The molecule has 0 radical (unpaired) electrons. The molecule has 0 unspecified atom stereocenters. The van der Waals surface area contributed by atoms with Crippen molar-refractivity contribution in [2.75, 3.05) is 18.0 Å². The van der Waals surface area contributed by atoms with Crippen LogP contribution >= 0.6 is 0 Å². The molecule has 4 nitrogen and oxygen atoms in total. The van der Waals surface area contributed by atoms with Crippen molar-refractivity contribution in [2.45, 2.75) is 19.4 Å². The van der Waals surface area contributed by atoms with Crippen molar-refractivity contribution in [3.05, 3.63) is 78.4 Å². The van der Waals surface area contributed by atoms with Gasteiger partial charge in [0.05, 0.1) is 0 Å². The molecule has 2 aromatic carbocycles. The van der Waals surface area contributed by atoms with Crippen LogP contribution < -0.4 is 4.90 Å². The molecule has 25 heavy (non-hydrogen) atoms. The average molecular weight is 334 g/mol. The van der Waals surface area contributed by atoms with Crippen molar-refractivity contribution in [1.29, 1.82) is 0 Å². The van der Waals surface area contributed by atoms with Gasteiger partial charge in [-0.25, -0.2) is 0 Å². The highest BCUT2D eigenvalue weighted by Gasteiger charge is 2.20. The third-order valence-electron chi connectivity index (χ3n) is 4.37. The van der Waals surface area contributed by atoms with Gasteiger partial charge in [0.25, 0.3) is 5.91 Å². The molecule has 1 aliphatic rings. The molecule has 0 aromatic heterocycles. The van der Waals surface area contributed by atoms with E-state index in [1.165, 1.54) is 0 Å². The number of rotatable bonds is 6. The second-order valence-corrected chi connectivity index (χ2v) is 6.16. The Bertz CT molecular complexity index is 753. The van der Waals surface area contributed by atoms with Gasteiger partial charge in [-0.05, 0) is 36.2 Å². The second kappa shape index (κ2) is 7.79. The molecule has 0 aliphatic carbocycles. The van der Waals surface area contributed by atoms with Crippen LogP contribution in [0, 0.1) is 0 Å². The van der Waals surface area contributed by atoms with E-state index >= 15 is 0 Å². The van der Waals surface area contributed by atoms with E-state index in [-0.39, 0.29) is 11.8 Å². The van der Waals surface area contributed by atoms with Crippen LogP contribution in [0.15, 0.2) is 67.3 Å². The largest absolute Gasteiger partial charge is 0.338 e. The van der Waals surface area contributed by atoms with Crippen LogP contribution in [0.5, 0.6) is 0 Å². The van der Waals surface area contributed by atoms with Crippen LogP contribution in [0.1, 0.15) is 28.8 Å². The first kappa shape index (κ1) is 17.0. The number of carbonyl (C=O) groups excluding carboxylic acids is 2. The van der Waals surface area contributed by atoms with Gasteiger partial charge in [0.15, 0.2) is 0 Å². The third kappa shape index (κ3) is 3.97. The Morgan fingerprint density at radius 1 is 1.12 bits per heavy atom. The minimum atomic E-state index is -0.0603. The number of hydrogen-bond acceptors (Lipinski definition) is 2. The molecule has 0 spiro atoms. The van der Waals surface area contributed by atoms with Gasteiger partial charge in [-0.1, -0.05) is 36.4 Å². The van der Waals surface area contributed by atoms with Crippen molar-refractivity contribution in [2.24, 2.45) is 0 Å². The van der Waals surface area contributed by atoms with Gasteiger partial charge in [0, 0.05) is 37.3 Å². The summed E-state index contributed by atoms with van der Waals surface area (Å²) in [7, 11) is 0. The second-order valence-electron chi connectivity index (χ2n) is 6.16. The van der Waals surface area contributed by atoms with Crippen LogP contribution in [-0.4, -0.2) is 29.8 Å². The molecule has 1 fully saturated rings. The quantitative estimate of drug-likeness (QED) is 0.757. The van der Waals surface area contributed by atoms with Crippen molar-refractivity contribution in [3.63, 3.8) is 0 Å². The van der Waals surface area contributed by atoms with E-state index in [1.807, 2.05) is 59.5 Å². The fraction of sp³-hybridized carbons (Fsp3) is 0.238. The Labute approximate surface area is 148 Å². The van der Waals surface area contributed by atoms with Crippen molar-refractivity contribution < 1.29 is 9.59 Å². The van der Waals surface area contributed by atoms with Gasteiger partial charge >= 0.3 is 0 Å². The lowest BCUT2D eigenvalue weighted by atomic mass is 10.1. The van der Waals surface area contributed by atoms with Gasteiger partial charge in [-0.2, -0.15) is 0 Å². The number of anilines is 1. The summed E-state index contributed by atoms with van der Waals surface area (Å²) in [5.41, 5.74) is 2.52. The zero-order valence-electron chi connectivity index (χ0n) is 14.2. The van der Waals surface area contributed by atoms with Gasteiger partial charge in [0.1, 0.15) is 0 Å². The highest BCUT2D eigenvalue weighted by molar-refractivity contribution is 6.06. The van der Waals surface area contributed by atoms with Crippen molar-refractivity contribution in [3.8, 4) is 0 Å². The van der Waals surface area contributed by atoms with Crippen LogP contribution in [-0.2, 0) is 11.3 Å². The molecule has 3 rings (SSSR count). The molecular formula is C21H22N2O2. The fourth-order valence-electron chi connectivity index (χ4n) is 3.04. The summed E-state index contributed by atoms with van der Waals surface area (Å²) >= 11 is 0. The Morgan fingerprint density at radius 3 is 2.44 bits per heavy atom. The highest BCUT2D eigenvalue weighted by Crippen LogP contribution is 2.19. The first-order chi connectivity index (χ1) is 12.2. The molecule has 0 saturated carbocycles. The minimum absolute atomic E-state index is 0.0603. The Hall–Kier alpha value is -2.88. The van der Waals surface area contributed by atoms with Crippen LogP contribution in [0.4, 0.5) is 5.69 Å². The van der Waals surface area contributed by atoms with Gasteiger partial charge in [-0.3, -0.25) is 9.59 Å². The molecule has 0 atom stereocenters. The molecule has 2 amide bonds. The van der Waals surface area contributed by atoms with E-state index in [9.17, 15) is 9.59 Å². The average Bonchev–Trinajstić information content (AvgIpc) is 3.05. The van der Waals surface area contributed by atoms with Crippen LogP contribution in [0.25, 0.3) is 0 Å². The smallest absolute Gasteiger partial charge is 0.258 e. The van der Waals surface area contributed by atoms with E-state index in [1.54, 1.807) is 11.0 Å². The zero-order valence-corrected chi connectivity index (χ0v) is 14.2. The lowest BCUT2D eigenvalue weighted by Crippen LogP contribution is -2.31. The number of nitrogens with zero attached hydrogens (tertiary/aromatic N) is 2. The van der Waals surface area contributed by atoms with Crippen molar-refractivity contribution >= 4 is 17.5 Å². The number of benzene rings is 2. The minimum Gasteiger partial charge on any atom is -0.338 e. The van der Waals surface area contributed by atoms with E-state index in [4.69, 9.17) is 0 Å². The lowest BCUT2D eigenvalue weighted by Gasteiger charge is -2.21. The monoisotopic (exact) mass is 334 g/mol. The van der Waals surface area contributed by atoms with Crippen LogP contribution in [0.2, 0.25) is 0 Å². The first-order valence-corrected chi connectivity index (χ1v) is 8.53. The predicted octanol–water partition coefficient (Wildman–Crippen LogP) is 3.64. The first-order valence-electron chi connectivity index (χ1n) is 8.53. The molecule has 0 N–H and O–H groups in total. The Morgan fingerprint density at radius 2 is 1.84 bits per heavy atom. The summed E-state index contributed by atoms with van der Waals surface area (Å²) in [4.78, 5) is 28.2. The normalized spacial score (nSPS) is 13.8. The molecule has 128 valence electrons. The van der Waals surface area contributed by atoms with E-state index in [0.717, 1.165) is 24.2 Å². The van der Waals surface area contributed by atoms with Crippen molar-refractivity contribution in [1.82, 2.24) is 4.90 Å². The molecule has 1 aliphatic heterocycles. The van der Waals surface area contributed by atoms with Crippen LogP contribution in [0.3, 0.4) is 0 Å². The molecular weight excluding hydrogens is 312 g/mol. The Kier molecular flexibility index (Phi) is 5.29. The van der Waals surface area contributed by atoms with Gasteiger partial charge in [0.2, 0.25) is 5.91 Å². The summed E-state index contributed by atoms with van der Waals surface area (Å²) in [6, 6.07) is 17.1. The molecule has 1 heterocycles. The maximum Gasteiger partial charge on any atom is 0.258 e. The molecule has 2 aromatic rings. The number of likely N-dealkylation sites (tertiary alicyclic amines) is 1. The maximum absolute atomic E-state index is 12.9. The van der Waals surface area contributed by atoms with Gasteiger partial charge in [-0.15, -0.1) is 6.58 Å². The van der Waals surface area contributed by atoms with Gasteiger partial charge < -0.3 is 9.80 Å². The standard InChI is InChI=1S/C21H22N2O2/c1-2-14-23(19-7-4-3-5-8-19)21(25)18-12-10-17(11-13-18)16-22-15-6-9-20(22)24/h2-5,7-8,10-13H,1,6,9,14-16H2. The summed E-state index contributed by atoms with van der Waals surface area (Å²) in [5, 5.41) is 0. The number of amides is 2. The number of carbonyl (C=O) groups is 2. The molecule has 1 saturated heterocycles. The third-order valence-corrected chi connectivity index (χ3v) is 4.37. The SMILES string of the molecule is C=CCN(C(=O)c1ccc(CN2CCCC2=O)cc1)c1ccccc1. The van der Waals surface area contributed by atoms with E-state index in [2.05, 4.69) is 6.58 Å². The van der Waals surface area contributed by atoms with E-state index in [0.29, 0.717) is 25.1 Å². The number of para-hydroxylation sites is 1. The highest BCUT2D eigenvalue weighted by atomic mass is 16.2. The zero-order chi connectivity index (χ0) is 17.6. The Balaban J connectivity index is 1.74. The topological polar surface area (TPSA) is 40.6 Å². The summed E-state index contributed by atoms with van der Waals surface area (Å²) in [5.74, 6) is 0.149. The summed E-state index contributed by atoms with van der Waals surface area (Å²) in [6.07, 6.45) is 3.30. The summed E-state index contributed by atoms with van der Waals surface area (Å²) < 4.78 is 0. The number of hydrogen-bond donors (Lipinski definition) is 0. The lowest BCUT2D eigenvalue weighted by molar-refractivity contribution is -0.128. The maximum atomic E-state index is 12.9. The molecule has 0 bridgehead atoms. The van der Waals surface area contributed by atoms with E-state index < -0.39 is 0 Å².